The number of nitrogens with zero attached hydrogens (tertiary/aromatic N) is 4. The molecule has 25 heavy (non-hydrogen) atoms. The number of aromatic nitrogens is 4. The maximum atomic E-state index is 6.11. The van der Waals surface area contributed by atoms with Crippen LogP contribution in [0.15, 0.2) is 55.0 Å². The second-order valence-electron chi connectivity index (χ2n) is 5.12. The smallest absolute Gasteiger partial charge is 0.183 e. The molecule has 3 aromatic heterocycles. The van der Waals surface area contributed by atoms with Crippen LogP contribution < -0.4 is 5.73 Å². The molecule has 0 aliphatic carbocycles. The van der Waals surface area contributed by atoms with Crippen molar-refractivity contribution in [2.24, 2.45) is 0 Å². The molecule has 0 fully saturated rings. The van der Waals surface area contributed by atoms with Gasteiger partial charge in [0.25, 0.3) is 0 Å². The molecular formula is C19H19N5S. The van der Waals surface area contributed by atoms with Crippen LogP contribution in [0.25, 0.3) is 21.7 Å². The van der Waals surface area contributed by atoms with Crippen LogP contribution in [0.5, 0.6) is 0 Å². The molecule has 0 saturated heterocycles. The Balaban J connectivity index is 0.000000880. The van der Waals surface area contributed by atoms with Crippen LogP contribution in [0.1, 0.15) is 24.3 Å². The largest absolute Gasteiger partial charge is 0.383 e. The van der Waals surface area contributed by atoms with Gasteiger partial charge in [-0.05, 0) is 11.6 Å². The molecule has 1 aromatic carbocycles. The summed E-state index contributed by atoms with van der Waals surface area (Å²) < 4.78 is 0. The molecule has 0 aliphatic heterocycles. The zero-order valence-electron chi connectivity index (χ0n) is 14.2. The van der Waals surface area contributed by atoms with Crippen LogP contribution in [-0.4, -0.2) is 19.9 Å². The summed E-state index contributed by atoms with van der Waals surface area (Å²) >= 11 is 1.64. The Bertz CT molecular complexity index is 952. The maximum Gasteiger partial charge on any atom is 0.183 e. The fourth-order valence-electron chi connectivity index (χ4n) is 2.41. The highest BCUT2D eigenvalue weighted by Crippen LogP contribution is 2.30. The first-order valence-corrected chi connectivity index (χ1v) is 8.97. The predicted molar refractivity (Wildman–Crippen MR) is 103 cm³/mol. The number of anilines is 1. The quantitative estimate of drug-likeness (QED) is 0.595. The van der Waals surface area contributed by atoms with Crippen molar-refractivity contribution in [1.29, 1.82) is 0 Å². The fraction of sp³-hybridized carbons (Fsp3) is 0.158. The first kappa shape index (κ1) is 17.0. The molecule has 5 nitrogen and oxygen atoms in total. The van der Waals surface area contributed by atoms with Crippen molar-refractivity contribution in [3.05, 3.63) is 65.4 Å². The van der Waals surface area contributed by atoms with E-state index in [-0.39, 0.29) is 0 Å². The summed E-state index contributed by atoms with van der Waals surface area (Å²) in [5.41, 5.74) is 8.00. The van der Waals surface area contributed by atoms with E-state index < -0.39 is 0 Å². The van der Waals surface area contributed by atoms with Crippen molar-refractivity contribution in [2.45, 2.75) is 20.3 Å². The second kappa shape index (κ2) is 7.81. The highest BCUT2D eigenvalue weighted by Gasteiger charge is 2.12. The molecule has 0 radical (unpaired) electrons. The average Bonchev–Trinajstić information content (AvgIpc) is 3.08. The molecule has 0 amide bonds. The van der Waals surface area contributed by atoms with Crippen LogP contribution in [-0.2, 0) is 6.42 Å². The Morgan fingerprint density at radius 2 is 1.84 bits per heavy atom. The lowest BCUT2D eigenvalue weighted by molar-refractivity contribution is 1.14. The van der Waals surface area contributed by atoms with Crippen LogP contribution in [0.4, 0.5) is 5.82 Å². The molecule has 126 valence electrons. The number of hydrogen-bond donors (Lipinski definition) is 1. The molecule has 0 unspecified atom stereocenters. The van der Waals surface area contributed by atoms with E-state index in [9.17, 15) is 0 Å². The van der Waals surface area contributed by atoms with E-state index >= 15 is 0 Å². The standard InChI is InChI=1S/C17H13N5S.C2H6/c18-15-13-9-12(8-11-4-2-1-3-5-11)23-17(13)22-16(21-15)14-10-19-6-7-20-14;1-2/h1-7,9-10H,8H2,(H2,18,21,22);1-2H3. The van der Waals surface area contributed by atoms with E-state index in [1.165, 1.54) is 10.4 Å². The molecule has 0 spiro atoms. The van der Waals surface area contributed by atoms with Gasteiger partial charge in [-0.1, -0.05) is 44.2 Å². The molecule has 0 saturated carbocycles. The van der Waals surface area contributed by atoms with Crippen molar-refractivity contribution in [2.75, 3.05) is 5.73 Å². The Hall–Kier alpha value is -2.86. The number of fused-ring (bicyclic) bond motifs is 1. The van der Waals surface area contributed by atoms with E-state index in [1.807, 2.05) is 32.0 Å². The number of benzene rings is 1. The minimum Gasteiger partial charge on any atom is -0.383 e. The lowest BCUT2D eigenvalue weighted by Gasteiger charge is -2.00. The Morgan fingerprint density at radius 1 is 1.04 bits per heavy atom. The molecule has 2 N–H and O–H groups in total. The average molecular weight is 349 g/mol. The monoisotopic (exact) mass is 349 g/mol. The summed E-state index contributed by atoms with van der Waals surface area (Å²) in [6.45, 7) is 4.00. The zero-order valence-corrected chi connectivity index (χ0v) is 15.0. The molecule has 0 bridgehead atoms. The summed E-state index contributed by atoms with van der Waals surface area (Å²) in [6, 6.07) is 12.4. The van der Waals surface area contributed by atoms with E-state index in [1.54, 1.807) is 29.9 Å². The van der Waals surface area contributed by atoms with Gasteiger partial charge in [-0.3, -0.25) is 4.98 Å². The van der Waals surface area contributed by atoms with E-state index in [0.29, 0.717) is 17.3 Å². The van der Waals surface area contributed by atoms with Gasteiger partial charge in [0, 0.05) is 23.7 Å². The van der Waals surface area contributed by atoms with Crippen LogP contribution in [0.2, 0.25) is 0 Å². The topological polar surface area (TPSA) is 77.6 Å². The third-order valence-electron chi connectivity index (χ3n) is 3.49. The Kier molecular flexibility index (Phi) is 5.30. The lowest BCUT2D eigenvalue weighted by Crippen LogP contribution is -1.97. The van der Waals surface area contributed by atoms with Crippen LogP contribution >= 0.6 is 11.3 Å². The van der Waals surface area contributed by atoms with Gasteiger partial charge >= 0.3 is 0 Å². The van der Waals surface area contributed by atoms with Gasteiger partial charge in [-0.2, -0.15) is 0 Å². The molecule has 0 aliphatic rings. The molecule has 3 heterocycles. The minimum absolute atomic E-state index is 0.478. The number of rotatable bonds is 3. The highest BCUT2D eigenvalue weighted by atomic mass is 32.1. The van der Waals surface area contributed by atoms with Crippen molar-refractivity contribution in [3.8, 4) is 11.5 Å². The number of thiophene rings is 1. The summed E-state index contributed by atoms with van der Waals surface area (Å²) in [5, 5.41) is 0.897. The van der Waals surface area contributed by atoms with Crippen molar-refractivity contribution >= 4 is 27.4 Å². The third kappa shape index (κ3) is 3.80. The molecule has 4 aromatic rings. The van der Waals surface area contributed by atoms with Crippen LogP contribution in [0.3, 0.4) is 0 Å². The van der Waals surface area contributed by atoms with Gasteiger partial charge in [0.05, 0.1) is 11.6 Å². The maximum absolute atomic E-state index is 6.11. The first-order chi connectivity index (χ1) is 12.3. The van der Waals surface area contributed by atoms with Crippen molar-refractivity contribution < 1.29 is 0 Å². The summed E-state index contributed by atoms with van der Waals surface area (Å²) in [7, 11) is 0. The Labute approximate surface area is 150 Å². The van der Waals surface area contributed by atoms with Crippen molar-refractivity contribution in [3.63, 3.8) is 0 Å². The van der Waals surface area contributed by atoms with Crippen LogP contribution in [0, 0.1) is 0 Å². The fourth-order valence-corrected chi connectivity index (χ4v) is 3.48. The van der Waals surface area contributed by atoms with E-state index in [0.717, 1.165) is 16.6 Å². The van der Waals surface area contributed by atoms with Crippen molar-refractivity contribution in [1.82, 2.24) is 19.9 Å². The van der Waals surface area contributed by atoms with Gasteiger partial charge in [0.1, 0.15) is 16.3 Å². The third-order valence-corrected chi connectivity index (χ3v) is 4.52. The zero-order chi connectivity index (χ0) is 17.6. The Morgan fingerprint density at radius 3 is 2.56 bits per heavy atom. The van der Waals surface area contributed by atoms with Gasteiger partial charge < -0.3 is 5.73 Å². The summed E-state index contributed by atoms with van der Waals surface area (Å²) in [4.78, 5) is 19.3. The second-order valence-corrected chi connectivity index (χ2v) is 6.23. The normalized spacial score (nSPS) is 10.3. The van der Waals surface area contributed by atoms with E-state index in [2.05, 4.69) is 38.1 Å². The summed E-state index contributed by atoms with van der Waals surface area (Å²) in [6.07, 6.45) is 5.74. The lowest BCUT2D eigenvalue weighted by atomic mass is 10.1. The SMILES string of the molecule is CC.Nc1nc(-c2cnccn2)nc2sc(Cc3ccccc3)cc12. The predicted octanol–water partition coefficient (Wildman–Crippen LogP) is 4.35. The minimum atomic E-state index is 0.478. The molecule has 4 rings (SSSR count). The van der Waals surface area contributed by atoms with Gasteiger partial charge in [0.15, 0.2) is 5.82 Å². The van der Waals surface area contributed by atoms with Gasteiger partial charge in [-0.15, -0.1) is 11.3 Å². The molecular weight excluding hydrogens is 330 g/mol. The molecule has 6 heteroatoms. The highest BCUT2D eigenvalue weighted by molar-refractivity contribution is 7.18. The number of hydrogen-bond acceptors (Lipinski definition) is 6. The number of nitrogen functional groups attached to an aromatic ring is 1. The van der Waals surface area contributed by atoms with E-state index in [4.69, 9.17) is 5.73 Å². The first-order valence-electron chi connectivity index (χ1n) is 8.16. The van der Waals surface area contributed by atoms with Gasteiger partial charge in [0.2, 0.25) is 0 Å². The molecule has 0 atom stereocenters. The van der Waals surface area contributed by atoms with Gasteiger partial charge in [-0.25, -0.2) is 15.0 Å². The summed E-state index contributed by atoms with van der Waals surface area (Å²) in [5.74, 6) is 0.988. The number of nitrogens with two attached hydrogens (primary N) is 1.